The number of hydrogen-bond acceptors (Lipinski definition) is 3. The van der Waals surface area contributed by atoms with Crippen molar-refractivity contribution in [2.24, 2.45) is 12.0 Å². The van der Waals surface area contributed by atoms with Crippen LogP contribution in [0.5, 0.6) is 0 Å². The molecule has 1 saturated carbocycles. The van der Waals surface area contributed by atoms with Crippen LogP contribution < -0.4 is 10.6 Å². The summed E-state index contributed by atoms with van der Waals surface area (Å²) in [5, 5.41) is 21.7. The molecule has 3 N–H and O–H groups in total. The van der Waals surface area contributed by atoms with Gasteiger partial charge in [-0.3, -0.25) is 4.68 Å². The number of rotatable bonds is 7. The smallest absolute Gasteiger partial charge is 0.191 e. The molecule has 0 spiro atoms. The Kier molecular flexibility index (Phi) is 8.54. The minimum absolute atomic E-state index is 0. The average Bonchev–Trinajstić information content (AvgIpc) is 3.07. The third-order valence-corrected chi connectivity index (χ3v) is 6.11. The number of halogens is 2. The van der Waals surface area contributed by atoms with E-state index in [-0.39, 0.29) is 35.9 Å². The highest BCUT2D eigenvalue weighted by Crippen LogP contribution is 2.43. The van der Waals surface area contributed by atoms with Crippen LogP contribution >= 0.6 is 39.9 Å². The number of aliphatic imine (C=N–C) groups is 1. The third-order valence-electron chi connectivity index (χ3n) is 5.58. The van der Waals surface area contributed by atoms with E-state index in [0.29, 0.717) is 0 Å². The Hall–Kier alpha value is -1.13. The van der Waals surface area contributed by atoms with Crippen molar-refractivity contribution in [3.8, 4) is 0 Å². The van der Waals surface area contributed by atoms with Crippen molar-refractivity contribution in [1.82, 2.24) is 20.4 Å². The minimum Gasteiger partial charge on any atom is -0.383 e. The first-order chi connectivity index (χ1) is 13.3. The van der Waals surface area contributed by atoms with E-state index in [4.69, 9.17) is 0 Å². The standard InChI is InChI=1S/C21H30BrN5O.HI/c1-4-23-19(24-14-20(2,28)17-12-26-27(3)13-17)25-15-21(10-5-11-21)16-6-8-18(22)9-7-16;/h6-9,12-13,28H,4-5,10-11,14-15H2,1-3H3,(H2,23,24,25);1H. The molecule has 0 bridgehead atoms. The molecule has 3 rings (SSSR count). The van der Waals surface area contributed by atoms with Crippen LogP contribution in [0.25, 0.3) is 0 Å². The van der Waals surface area contributed by atoms with Crippen molar-refractivity contribution in [2.75, 3.05) is 19.6 Å². The molecule has 0 amide bonds. The zero-order valence-corrected chi connectivity index (χ0v) is 21.2. The summed E-state index contributed by atoms with van der Waals surface area (Å²) in [6, 6.07) is 8.64. The molecule has 2 aromatic rings. The van der Waals surface area contributed by atoms with Gasteiger partial charge in [0.05, 0.1) is 12.7 Å². The predicted molar refractivity (Wildman–Crippen MR) is 132 cm³/mol. The second-order valence-corrected chi connectivity index (χ2v) is 8.78. The van der Waals surface area contributed by atoms with Gasteiger partial charge in [0.2, 0.25) is 0 Å². The molecule has 160 valence electrons. The maximum atomic E-state index is 10.8. The lowest BCUT2D eigenvalue weighted by Crippen LogP contribution is -2.49. The quantitative estimate of drug-likeness (QED) is 0.267. The Balaban J connectivity index is 0.00000300. The van der Waals surface area contributed by atoms with E-state index in [9.17, 15) is 5.11 Å². The van der Waals surface area contributed by atoms with Gasteiger partial charge in [0, 0.05) is 41.8 Å². The number of aromatic nitrogens is 2. The lowest BCUT2D eigenvalue weighted by molar-refractivity contribution is 0.0671. The molecule has 1 unspecified atom stereocenters. The Morgan fingerprint density at radius 1 is 1.31 bits per heavy atom. The van der Waals surface area contributed by atoms with E-state index in [1.807, 2.05) is 20.2 Å². The molecule has 1 aliphatic rings. The van der Waals surface area contributed by atoms with E-state index in [1.54, 1.807) is 17.8 Å². The Morgan fingerprint density at radius 2 is 2.00 bits per heavy atom. The first kappa shape index (κ1) is 24.1. The summed E-state index contributed by atoms with van der Waals surface area (Å²) < 4.78 is 2.79. The van der Waals surface area contributed by atoms with Crippen molar-refractivity contribution in [3.63, 3.8) is 0 Å². The van der Waals surface area contributed by atoms with Gasteiger partial charge in [-0.25, -0.2) is 4.99 Å². The minimum atomic E-state index is -1.06. The molecule has 0 radical (unpaired) electrons. The van der Waals surface area contributed by atoms with Crippen LogP contribution in [0.2, 0.25) is 0 Å². The maximum absolute atomic E-state index is 10.8. The van der Waals surface area contributed by atoms with Gasteiger partial charge in [0.1, 0.15) is 5.60 Å². The van der Waals surface area contributed by atoms with E-state index in [1.165, 1.54) is 24.8 Å². The number of nitrogens with one attached hydrogen (secondary N) is 2. The highest BCUT2D eigenvalue weighted by molar-refractivity contribution is 14.0. The molecule has 0 saturated heterocycles. The molecule has 1 aromatic heterocycles. The van der Waals surface area contributed by atoms with Crippen LogP contribution in [0, 0.1) is 0 Å². The summed E-state index contributed by atoms with van der Waals surface area (Å²) in [5.74, 6) is 0.732. The van der Waals surface area contributed by atoms with Crippen molar-refractivity contribution in [3.05, 3.63) is 52.3 Å². The predicted octanol–water partition coefficient (Wildman–Crippen LogP) is 3.69. The summed E-state index contributed by atoms with van der Waals surface area (Å²) in [4.78, 5) is 4.64. The summed E-state index contributed by atoms with van der Waals surface area (Å²) >= 11 is 3.52. The van der Waals surface area contributed by atoms with Crippen LogP contribution in [0.4, 0.5) is 0 Å². The first-order valence-corrected chi connectivity index (χ1v) is 10.6. The SMILES string of the molecule is CCNC(=NCC(C)(O)c1cnn(C)c1)NCC1(c2ccc(Br)cc2)CCC1.I. The summed E-state index contributed by atoms with van der Waals surface area (Å²) in [7, 11) is 1.84. The largest absolute Gasteiger partial charge is 0.383 e. The molecular weight excluding hydrogens is 545 g/mol. The highest BCUT2D eigenvalue weighted by atomic mass is 127. The lowest BCUT2D eigenvalue weighted by atomic mass is 9.64. The monoisotopic (exact) mass is 575 g/mol. The number of guanidine groups is 1. The van der Waals surface area contributed by atoms with Crippen molar-refractivity contribution < 1.29 is 5.11 Å². The Bertz CT molecular complexity index is 815. The molecule has 1 heterocycles. The molecular formula is C21H31BrIN5O. The number of aryl methyl sites for hydroxylation is 1. The van der Waals surface area contributed by atoms with Gasteiger partial charge in [-0.05, 0) is 44.4 Å². The molecule has 6 nitrogen and oxygen atoms in total. The van der Waals surface area contributed by atoms with Crippen LogP contribution in [-0.4, -0.2) is 40.5 Å². The van der Waals surface area contributed by atoms with Crippen LogP contribution in [0.1, 0.15) is 44.2 Å². The molecule has 1 aliphatic carbocycles. The number of hydrogen-bond donors (Lipinski definition) is 3. The van der Waals surface area contributed by atoms with Gasteiger partial charge >= 0.3 is 0 Å². The maximum Gasteiger partial charge on any atom is 0.191 e. The normalized spacial score (nSPS) is 17.6. The van der Waals surface area contributed by atoms with Crippen molar-refractivity contribution >= 4 is 45.9 Å². The van der Waals surface area contributed by atoms with E-state index in [2.05, 4.69) is 60.9 Å². The highest BCUT2D eigenvalue weighted by Gasteiger charge is 2.38. The summed E-state index contributed by atoms with van der Waals surface area (Å²) in [6.45, 7) is 5.68. The zero-order valence-electron chi connectivity index (χ0n) is 17.3. The van der Waals surface area contributed by atoms with Crippen LogP contribution in [-0.2, 0) is 18.1 Å². The van der Waals surface area contributed by atoms with Gasteiger partial charge in [-0.1, -0.05) is 34.5 Å². The van der Waals surface area contributed by atoms with Gasteiger partial charge in [0.25, 0.3) is 0 Å². The fourth-order valence-corrected chi connectivity index (χ4v) is 3.86. The Labute approximate surface area is 198 Å². The number of aliphatic hydroxyl groups is 1. The second-order valence-electron chi connectivity index (χ2n) is 7.87. The fraction of sp³-hybridized carbons (Fsp3) is 0.524. The van der Waals surface area contributed by atoms with Gasteiger partial charge in [-0.15, -0.1) is 24.0 Å². The van der Waals surface area contributed by atoms with Crippen molar-refractivity contribution in [2.45, 2.75) is 44.1 Å². The van der Waals surface area contributed by atoms with E-state index < -0.39 is 5.60 Å². The second kappa shape index (κ2) is 10.3. The lowest BCUT2D eigenvalue weighted by Gasteiger charge is -2.43. The molecule has 1 aromatic carbocycles. The first-order valence-electron chi connectivity index (χ1n) is 9.84. The zero-order chi connectivity index (χ0) is 20.2. The van der Waals surface area contributed by atoms with Crippen LogP contribution in [0.15, 0.2) is 46.1 Å². The summed E-state index contributed by atoms with van der Waals surface area (Å²) in [5.41, 5.74) is 1.23. The molecule has 1 fully saturated rings. The topological polar surface area (TPSA) is 74.5 Å². The van der Waals surface area contributed by atoms with Gasteiger partial charge in [0.15, 0.2) is 5.96 Å². The van der Waals surface area contributed by atoms with Gasteiger partial charge < -0.3 is 15.7 Å². The van der Waals surface area contributed by atoms with Gasteiger partial charge in [-0.2, -0.15) is 5.10 Å². The third kappa shape index (κ3) is 5.95. The summed E-state index contributed by atoms with van der Waals surface area (Å²) in [6.07, 6.45) is 7.11. The van der Waals surface area contributed by atoms with E-state index in [0.717, 1.165) is 29.1 Å². The fourth-order valence-electron chi connectivity index (χ4n) is 3.59. The molecule has 8 heteroatoms. The number of benzene rings is 1. The Morgan fingerprint density at radius 3 is 2.52 bits per heavy atom. The number of nitrogens with zero attached hydrogens (tertiary/aromatic N) is 3. The molecule has 29 heavy (non-hydrogen) atoms. The average molecular weight is 576 g/mol. The molecule has 0 aliphatic heterocycles. The van der Waals surface area contributed by atoms with Crippen LogP contribution in [0.3, 0.4) is 0 Å². The van der Waals surface area contributed by atoms with Crippen molar-refractivity contribution in [1.29, 1.82) is 0 Å². The van der Waals surface area contributed by atoms with E-state index >= 15 is 0 Å². The molecule has 1 atom stereocenters.